The first kappa shape index (κ1) is 19.2. The van der Waals surface area contributed by atoms with Crippen molar-refractivity contribution in [3.05, 3.63) is 59.7 Å². The second kappa shape index (κ2) is 8.44. The third-order valence-corrected chi connectivity index (χ3v) is 5.33. The number of nitrogens with zero attached hydrogens (tertiary/aromatic N) is 2. The molecule has 0 bridgehead atoms. The lowest BCUT2D eigenvalue weighted by atomic mass is 9.91. The summed E-state index contributed by atoms with van der Waals surface area (Å²) in [5, 5.41) is 9.52. The van der Waals surface area contributed by atoms with Gasteiger partial charge in [0.1, 0.15) is 5.75 Å². The van der Waals surface area contributed by atoms with E-state index in [0.29, 0.717) is 6.54 Å². The van der Waals surface area contributed by atoms with Crippen molar-refractivity contribution in [2.45, 2.75) is 18.9 Å². The first-order chi connectivity index (χ1) is 13.0. The van der Waals surface area contributed by atoms with Gasteiger partial charge in [0.2, 0.25) is 0 Å². The molecule has 1 fully saturated rings. The lowest BCUT2D eigenvalue weighted by Gasteiger charge is -2.38. The van der Waals surface area contributed by atoms with E-state index in [1.807, 2.05) is 32.3 Å². The van der Waals surface area contributed by atoms with Crippen LogP contribution in [0.15, 0.2) is 48.5 Å². The van der Waals surface area contributed by atoms with Crippen LogP contribution in [0.4, 0.5) is 5.69 Å². The van der Waals surface area contributed by atoms with E-state index in [4.69, 9.17) is 4.74 Å². The molecule has 0 saturated carbocycles. The van der Waals surface area contributed by atoms with Gasteiger partial charge in [0.05, 0.1) is 19.1 Å². The molecule has 2 aromatic rings. The molecule has 0 amide bonds. The van der Waals surface area contributed by atoms with Crippen LogP contribution in [0.5, 0.6) is 5.75 Å². The van der Waals surface area contributed by atoms with Crippen molar-refractivity contribution in [1.82, 2.24) is 4.90 Å². The minimum absolute atomic E-state index is 0.0282. The number of anilines is 1. The number of aliphatic carboxylic acids is 1. The Balaban J connectivity index is 2.02. The van der Waals surface area contributed by atoms with Gasteiger partial charge in [-0.25, -0.2) is 0 Å². The van der Waals surface area contributed by atoms with Gasteiger partial charge in [-0.05, 0) is 43.1 Å². The molecule has 144 valence electrons. The number of methoxy groups -OCH3 is 1. The zero-order valence-electron chi connectivity index (χ0n) is 16.3. The van der Waals surface area contributed by atoms with Gasteiger partial charge >= 0.3 is 5.97 Å². The van der Waals surface area contributed by atoms with Gasteiger partial charge in [-0.2, -0.15) is 0 Å². The molecule has 3 rings (SSSR count). The number of carboxylic acids is 1. The van der Waals surface area contributed by atoms with Gasteiger partial charge in [-0.1, -0.05) is 30.3 Å². The molecule has 27 heavy (non-hydrogen) atoms. The van der Waals surface area contributed by atoms with E-state index in [-0.39, 0.29) is 12.0 Å². The van der Waals surface area contributed by atoms with E-state index < -0.39 is 5.97 Å². The van der Waals surface area contributed by atoms with Gasteiger partial charge in [-0.15, -0.1) is 0 Å². The Morgan fingerprint density at radius 1 is 1.19 bits per heavy atom. The summed E-state index contributed by atoms with van der Waals surface area (Å²) in [6.45, 7) is 1.43. The minimum atomic E-state index is -0.707. The lowest BCUT2D eigenvalue weighted by molar-refractivity contribution is -0.143. The largest absolute Gasteiger partial charge is 0.496 e. The molecule has 0 radical (unpaired) electrons. The van der Waals surface area contributed by atoms with Crippen molar-refractivity contribution in [2.75, 3.05) is 39.2 Å². The second-order valence-electron chi connectivity index (χ2n) is 7.30. The fourth-order valence-corrected chi connectivity index (χ4v) is 3.88. The highest BCUT2D eigenvalue weighted by Gasteiger charge is 2.32. The monoisotopic (exact) mass is 368 g/mol. The van der Waals surface area contributed by atoms with Gasteiger partial charge < -0.3 is 14.7 Å². The number of ether oxygens (including phenoxy) is 1. The topological polar surface area (TPSA) is 53.0 Å². The summed E-state index contributed by atoms with van der Waals surface area (Å²) in [5.74, 6) is -0.199. The molecule has 1 heterocycles. The van der Waals surface area contributed by atoms with E-state index >= 15 is 0 Å². The summed E-state index contributed by atoms with van der Waals surface area (Å²) in [5.41, 5.74) is 3.36. The highest BCUT2D eigenvalue weighted by atomic mass is 16.5. The summed E-state index contributed by atoms with van der Waals surface area (Å²) >= 11 is 0. The lowest BCUT2D eigenvalue weighted by Crippen LogP contribution is -2.41. The van der Waals surface area contributed by atoms with Crippen molar-refractivity contribution in [3.63, 3.8) is 0 Å². The van der Waals surface area contributed by atoms with Gasteiger partial charge in [0.15, 0.2) is 0 Å². The van der Waals surface area contributed by atoms with Crippen LogP contribution in [-0.2, 0) is 4.79 Å². The molecule has 2 aromatic carbocycles. The molecular formula is C22H28N2O3. The summed E-state index contributed by atoms with van der Waals surface area (Å²) in [7, 11) is 5.73. The van der Waals surface area contributed by atoms with Crippen molar-refractivity contribution in [3.8, 4) is 5.75 Å². The predicted molar refractivity (Wildman–Crippen MR) is 108 cm³/mol. The molecule has 2 unspecified atom stereocenters. The number of likely N-dealkylation sites (tertiary alicyclic amines) is 1. The van der Waals surface area contributed by atoms with Crippen LogP contribution in [0.25, 0.3) is 0 Å². The van der Waals surface area contributed by atoms with Crippen molar-refractivity contribution in [1.29, 1.82) is 0 Å². The number of hydrogen-bond donors (Lipinski definition) is 1. The number of carboxylic acid groups (broad SMARTS) is 1. The van der Waals surface area contributed by atoms with Gasteiger partial charge in [-0.3, -0.25) is 9.69 Å². The summed E-state index contributed by atoms with van der Waals surface area (Å²) in [6.07, 6.45) is 1.63. The summed E-state index contributed by atoms with van der Waals surface area (Å²) in [4.78, 5) is 15.9. The Morgan fingerprint density at radius 2 is 1.89 bits per heavy atom. The second-order valence-corrected chi connectivity index (χ2v) is 7.30. The third-order valence-electron chi connectivity index (χ3n) is 5.33. The van der Waals surface area contributed by atoms with Crippen LogP contribution >= 0.6 is 0 Å². The fourth-order valence-electron chi connectivity index (χ4n) is 3.88. The molecule has 1 saturated heterocycles. The maximum atomic E-state index is 11.6. The van der Waals surface area contributed by atoms with E-state index in [1.54, 1.807) is 7.11 Å². The number of carbonyl (C=O) groups is 1. The molecule has 0 spiro atoms. The molecule has 5 nitrogen and oxygen atoms in total. The quantitative estimate of drug-likeness (QED) is 0.843. The van der Waals surface area contributed by atoms with Crippen molar-refractivity contribution >= 4 is 11.7 Å². The van der Waals surface area contributed by atoms with Crippen molar-refractivity contribution in [2.24, 2.45) is 5.92 Å². The van der Waals surface area contributed by atoms with E-state index in [9.17, 15) is 9.90 Å². The molecule has 1 aliphatic heterocycles. The molecule has 2 atom stereocenters. The van der Waals surface area contributed by atoms with Gasteiger partial charge in [0, 0.05) is 31.9 Å². The van der Waals surface area contributed by atoms with Crippen LogP contribution in [0.1, 0.15) is 30.0 Å². The SMILES string of the molecule is COc1ccccc1C(c1ccc(N(C)C)cc1)N1CCCC(C(=O)O)C1. The van der Waals surface area contributed by atoms with Crippen LogP contribution < -0.4 is 9.64 Å². The van der Waals surface area contributed by atoms with Crippen molar-refractivity contribution < 1.29 is 14.6 Å². The molecule has 0 aliphatic carbocycles. The Morgan fingerprint density at radius 3 is 2.52 bits per heavy atom. The average Bonchev–Trinajstić information content (AvgIpc) is 2.69. The maximum absolute atomic E-state index is 11.6. The predicted octanol–water partition coefficient (Wildman–Crippen LogP) is 3.65. The molecule has 1 N–H and O–H groups in total. The van der Waals surface area contributed by atoms with E-state index in [2.05, 4.69) is 40.1 Å². The van der Waals surface area contributed by atoms with Crippen LogP contribution in [0, 0.1) is 5.92 Å². The fraction of sp³-hybridized carbons (Fsp3) is 0.409. The van der Waals surface area contributed by atoms with Crippen LogP contribution in [-0.4, -0.2) is 50.3 Å². The Kier molecular flexibility index (Phi) is 6.01. The van der Waals surface area contributed by atoms with E-state index in [0.717, 1.165) is 42.0 Å². The highest BCUT2D eigenvalue weighted by molar-refractivity contribution is 5.70. The maximum Gasteiger partial charge on any atom is 0.307 e. The summed E-state index contributed by atoms with van der Waals surface area (Å²) < 4.78 is 5.62. The number of rotatable bonds is 6. The molecule has 0 aromatic heterocycles. The normalized spacial score (nSPS) is 18.7. The standard InChI is InChI=1S/C22H28N2O3/c1-23(2)18-12-10-16(11-13-18)21(19-8-4-5-9-20(19)27-3)24-14-6-7-17(15-24)22(25)26/h4-5,8-13,17,21H,6-7,14-15H2,1-3H3,(H,25,26). The van der Waals surface area contributed by atoms with E-state index in [1.165, 1.54) is 0 Å². The molecule has 1 aliphatic rings. The number of benzene rings is 2. The molecule has 5 heteroatoms. The Bertz CT molecular complexity index is 773. The molecular weight excluding hydrogens is 340 g/mol. The zero-order chi connectivity index (χ0) is 19.4. The Hall–Kier alpha value is -2.53. The summed E-state index contributed by atoms with van der Waals surface area (Å²) in [6, 6.07) is 16.5. The first-order valence-corrected chi connectivity index (χ1v) is 9.38. The third kappa shape index (κ3) is 4.25. The smallest absolute Gasteiger partial charge is 0.307 e. The Labute approximate surface area is 161 Å². The number of hydrogen-bond acceptors (Lipinski definition) is 4. The highest BCUT2D eigenvalue weighted by Crippen LogP contribution is 2.37. The number of para-hydroxylation sites is 1. The zero-order valence-corrected chi connectivity index (χ0v) is 16.3. The number of piperidine rings is 1. The average molecular weight is 368 g/mol. The minimum Gasteiger partial charge on any atom is -0.496 e. The van der Waals surface area contributed by atoms with Crippen LogP contribution in [0.3, 0.4) is 0 Å². The van der Waals surface area contributed by atoms with Crippen LogP contribution in [0.2, 0.25) is 0 Å². The van der Waals surface area contributed by atoms with Gasteiger partial charge in [0.25, 0.3) is 0 Å². The first-order valence-electron chi connectivity index (χ1n) is 9.38.